The maximum Gasteiger partial charge on any atom is 0.138 e. The fourth-order valence-electron chi connectivity index (χ4n) is 0.139. The molecule has 0 saturated carbocycles. The zero-order chi connectivity index (χ0) is 5.70. The monoisotopic (exact) mass is 211 g/mol. The van der Waals surface area contributed by atoms with Gasteiger partial charge in [0.2, 0.25) is 0 Å². The highest BCUT2D eigenvalue weighted by Gasteiger charge is 1.77. The van der Waals surface area contributed by atoms with Crippen LogP contribution in [-0.2, 0) is 0 Å². The molecule has 0 bridgehead atoms. The third kappa shape index (κ3) is 3.71. The van der Waals surface area contributed by atoms with Crippen LogP contribution in [0.25, 0.3) is 0 Å². The molecule has 0 unspecified atom stereocenters. The molecule has 0 amide bonds. The molecule has 0 rings (SSSR count). The third-order valence-electron chi connectivity index (χ3n) is 0.338. The number of hydrogen-bond acceptors (Lipinski definition) is 3. The molecule has 7 heavy (non-hydrogen) atoms. The normalized spacial score (nSPS) is 10.9. The van der Waals surface area contributed by atoms with Crippen molar-refractivity contribution in [2.75, 3.05) is 7.05 Å². The summed E-state index contributed by atoms with van der Waals surface area (Å²) >= 11 is 1.95. The summed E-state index contributed by atoms with van der Waals surface area (Å²) in [5, 5.41) is 10.3. The first-order valence-corrected chi connectivity index (χ1v) is 2.79. The van der Waals surface area contributed by atoms with Crippen molar-refractivity contribution in [2.45, 2.75) is 0 Å². The van der Waals surface area contributed by atoms with E-state index in [0.717, 1.165) is 0 Å². The minimum Gasteiger partial charge on any atom is -0.312 e. The Morgan fingerprint density at radius 2 is 2.57 bits per heavy atom. The summed E-state index contributed by atoms with van der Waals surface area (Å²) in [6.07, 6.45) is 1.18. The highest BCUT2D eigenvalue weighted by Crippen LogP contribution is 1.81. The van der Waals surface area contributed by atoms with Gasteiger partial charge in [-0.05, 0) is 22.6 Å². The fourth-order valence-corrected chi connectivity index (χ4v) is 0.380. The van der Waals surface area contributed by atoms with Gasteiger partial charge in [-0.2, -0.15) is 5.10 Å². The van der Waals surface area contributed by atoms with Gasteiger partial charge in [-0.15, -0.1) is 0 Å². The Morgan fingerprint density at radius 1 is 2.00 bits per heavy atom. The van der Waals surface area contributed by atoms with Crippen molar-refractivity contribution in [2.24, 2.45) is 5.10 Å². The van der Waals surface area contributed by atoms with Crippen molar-refractivity contribution < 1.29 is 0 Å². The van der Waals surface area contributed by atoms with Crippen LogP contribution in [0, 0.1) is 5.41 Å². The first kappa shape index (κ1) is 6.87. The minimum atomic E-state index is 0.653. The Labute approximate surface area is 55.8 Å². The largest absolute Gasteiger partial charge is 0.312 e. The van der Waals surface area contributed by atoms with Gasteiger partial charge in [0.05, 0.1) is 6.21 Å². The zero-order valence-electron chi connectivity index (χ0n) is 3.90. The van der Waals surface area contributed by atoms with Gasteiger partial charge in [-0.1, -0.05) is 0 Å². The van der Waals surface area contributed by atoms with Crippen LogP contribution in [0.5, 0.6) is 0 Å². The molecular formula is C3H6IN3. The van der Waals surface area contributed by atoms with E-state index in [-0.39, 0.29) is 0 Å². The molecule has 0 heterocycles. The summed E-state index contributed by atoms with van der Waals surface area (Å²) < 4.78 is 0.653. The molecule has 0 aliphatic carbocycles. The van der Waals surface area contributed by atoms with E-state index in [0.29, 0.717) is 3.72 Å². The summed E-state index contributed by atoms with van der Waals surface area (Å²) in [6.45, 7) is 0. The number of hydrazone groups is 1. The lowest BCUT2D eigenvalue weighted by Crippen LogP contribution is -1.98. The van der Waals surface area contributed by atoms with Crippen molar-refractivity contribution in [3.05, 3.63) is 0 Å². The van der Waals surface area contributed by atoms with E-state index in [1.807, 2.05) is 22.6 Å². The van der Waals surface area contributed by atoms with Crippen LogP contribution in [0.15, 0.2) is 5.10 Å². The molecule has 0 spiro atoms. The SMILES string of the molecule is CNN=C(I)C=N. The quantitative estimate of drug-likeness (QED) is 0.392. The lowest BCUT2D eigenvalue weighted by molar-refractivity contribution is 0.909. The Balaban J connectivity index is 3.49. The Bertz CT molecular complexity index is 88.2. The molecule has 0 saturated heterocycles. The van der Waals surface area contributed by atoms with Gasteiger partial charge in [0, 0.05) is 7.05 Å². The zero-order valence-corrected chi connectivity index (χ0v) is 6.06. The topological polar surface area (TPSA) is 48.2 Å². The number of rotatable bonds is 2. The molecule has 3 nitrogen and oxygen atoms in total. The van der Waals surface area contributed by atoms with Crippen molar-refractivity contribution in [1.82, 2.24) is 5.43 Å². The molecule has 0 radical (unpaired) electrons. The maximum atomic E-state index is 6.61. The van der Waals surface area contributed by atoms with Crippen molar-refractivity contribution >= 4 is 32.5 Å². The molecule has 40 valence electrons. The van der Waals surface area contributed by atoms with Crippen LogP contribution in [-0.4, -0.2) is 17.0 Å². The van der Waals surface area contributed by atoms with E-state index in [4.69, 9.17) is 5.41 Å². The van der Waals surface area contributed by atoms with E-state index in [9.17, 15) is 0 Å². The van der Waals surface area contributed by atoms with Crippen LogP contribution in [0.1, 0.15) is 0 Å². The summed E-state index contributed by atoms with van der Waals surface area (Å²) in [5.74, 6) is 0. The molecule has 4 heteroatoms. The van der Waals surface area contributed by atoms with E-state index < -0.39 is 0 Å². The first-order chi connectivity index (χ1) is 3.31. The highest BCUT2D eigenvalue weighted by molar-refractivity contribution is 14.1. The van der Waals surface area contributed by atoms with Crippen LogP contribution in [0.3, 0.4) is 0 Å². The Hall–Kier alpha value is -0.130. The van der Waals surface area contributed by atoms with Gasteiger partial charge in [0.1, 0.15) is 3.72 Å². The molecule has 0 aliphatic rings. The predicted molar refractivity (Wildman–Crippen MR) is 39.3 cm³/mol. The maximum absolute atomic E-state index is 6.61. The second-order valence-corrected chi connectivity index (χ2v) is 1.91. The molecule has 0 atom stereocenters. The van der Waals surface area contributed by atoms with Crippen LogP contribution < -0.4 is 5.43 Å². The van der Waals surface area contributed by atoms with E-state index in [2.05, 4.69) is 10.5 Å². The third-order valence-corrected chi connectivity index (χ3v) is 0.890. The fraction of sp³-hybridized carbons (Fsp3) is 0.333. The average Bonchev–Trinajstić information content (AvgIpc) is 1.68. The molecular weight excluding hydrogens is 205 g/mol. The number of halogens is 1. The van der Waals surface area contributed by atoms with Crippen molar-refractivity contribution in [3.8, 4) is 0 Å². The minimum absolute atomic E-state index is 0.653. The summed E-state index contributed by atoms with van der Waals surface area (Å²) in [7, 11) is 1.70. The summed E-state index contributed by atoms with van der Waals surface area (Å²) in [4.78, 5) is 0. The molecule has 2 N–H and O–H groups in total. The number of nitrogens with zero attached hydrogens (tertiary/aromatic N) is 1. The van der Waals surface area contributed by atoms with Gasteiger partial charge in [0.25, 0.3) is 0 Å². The molecule has 0 fully saturated rings. The standard InChI is InChI=1S/C3H6IN3/c1-6-7-3(4)2-5/h2,5-6H,1H3. The molecule has 0 aromatic rings. The summed E-state index contributed by atoms with van der Waals surface area (Å²) in [5.41, 5.74) is 2.55. The second kappa shape index (κ2) is 4.04. The van der Waals surface area contributed by atoms with Gasteiger partial charge in [-0.3, -0.25) is 0 Å². The molecule has 0 aromatic carbocycles. The number of nitrogens with one attached hydrogen (secondary N) is 2. The second-order valence-electron chi connectivity index (χ2n) is 0.802. The van der Waals surface area contributed by atoms with E-state index in [1.165, 1.54) is 6.21 Å². The highest BCUT2D eigenvalue weighted by atomic mass is 127. The van der Waals surface area contributed by atoms with Crippen LogP contribution in [0.2, 0.25) is 0 Å². The van der Waals surface area contributed by atoms with E-state index in [1.54, 1.807) is 7.05 Å². The molecule has 0 aromatic heterocycles. The smallest absolute Gasteiger partial charge is 0.138 e. The number of hydrogen-bond donors (Lipinski definition) is 2. The first-order valence-electron chi connectivity index (χ1n) is 1.71. The molecule has 0 aliphatic heterocycles. The Kier molecular flexibility index (Phi) is 3.97. The lowest BCUT2D eigenvalue weighted by Gasteiger charge is -1.83. The summed E-state index contributed by atoms with van der Waals surface area (Å²) in [6, 6.07) is 0. The Morgan fingerprint density at radius 3 is 2.71 bits per heavy atom. The van der Waals surface area contributed by atoms with Gasteiger partial charge in [-0.25, -0.2) is 0 Å². The van der Waals surface area contributed by atoms with Crippen LogP contribution in [0.4, 0.5) is 0 Å². The van der Waals surface area contributed by atoms with E-state index >= 15 is 0 Å². The average molecular weight is 211 g/mol. The van der Waals surface area contributed by atoms with Crippen LogP contribution >= 0.6 is 22.6 Å². The van der Waals surface area contributed by atoms with Gasteiger partial charge >= 0.3 is 0 Å². The van der Waals surface area contributed by atoms with Crippen molar-refractivity contribution in [1.29, 1.82) is 5.41 Å². The van der Waals surface area contributed by atoms with Gasteiger partial charge in [0.15, 0.2) is 0 Å². The van der Waals surface area contributed by atoms with Gasteiger partial charge < -0.3 is 10.8 Å². The predicted octanol–water partition coefficient (Wildman–Crippen LogP) is 0.604. The van der Waals surface area contributed by atoms with Crippen molar-refractivity contribution in [3.63, 3.8) is 0 Å². The lowest BCUT2D eigenvalue weighted by atomic mass is 10.8.